The van der Waals surface area contributed by atoms with Crippen LogP contribution in [0, 0.1) is 5.82 Å². The second-order valence-corrected chi connectivity index (χ2v) is 3.93. The van der Waals surface area contributed by atoms with Crippen LogP contribution in [-0.4, -0.2) is 11.1 Å². The fraction of sp³-hybridized carbons (Fsp3) is 0.0714. The summed E-state index contributed by atoms with van der Waals surface area (Å²) in [5, 5.41) is 8.76. The Hall–Kier alpha value is -2.56. The van der Waals surface area contributed by atoms with Gasteiger partial charge < -0.3 is 15.6 Å². The van der Waals surface area contributed by atoms with Crippen LogP contribution in [0.2, 0.25) is 0 Å². The van der Waals surface area contributed by atoms with Crippen LogP contribution in [-0.2, 0) is 11.2 Å². The quantitative estimate of drug-likeness (QED) is 0.830. The number of nitrogen functional groups attached to an aromatic ring is 1. The highest BCUT2D eigenvalue weighted by Gasteiger charge is 2.11. The number of carbonyl (C=O) groups is 1. The van der Waals surface area contributed by atoms with Gasteiger partial charge in [0.15, 0.2) is 17.3 Å². The number of anilines is 1. The molecule has 0 aromatic heterocycles. The molecule has 5 heteroatoms. The summed E-state index contributed by atoms with van der Waals surface area (Å²) in [6, 6.07) is 10.7. The number of para-hydroxylation sites is 2. The molecule has 0 spiro atoms. The van der Waals surface area contributed by atoms with E-state index in [0.717, 1.165) is 0 Å². The van der Waals surface area contributed by atoms with Gasteiger partial charge in [0.2, 0.25) is 0 Å². The number of carboxylic acids is 1. The Bertz CT molecular complexity index is 613. The molecule has 0 aliphatic rings. The Morgan fingerprint density at radius 3 is 2.53 bits per heavy atom. The third kappa shape index (κ3) is 3.01. The minimum atomic E-state index is -0.991. The summed E-state index contributed by atoms with van der Waals surface area (Å²) < 4.78 is 18.8. The molecular formula is C14H12FNO3. The summed E-state index contributed by atoms with van der Waals surface area (Å²) in [6.45, 7) is 0. The predicted molar refractivity (Wildman–Crippen MR) is 68.7 cm³/mol. The summed E-state index contributed by atoms with van der Waals surface area (Å²) in [5.74, 6) is -1.22. The first-order chi connectivity index (χ1) is 9.08. The van der Waals surface area contributed by atoms with Gasteiger partial charge in [0.1, 0.15) is 0 Å². The molecule has 0 saturated carbocycles. The molecule has 2 aromatic carbocycles. The molecule has 0 aliphatic heterocycles. The molecule has 0 unspecified atom stereocenters. The molecule has 98 valence electrons. The fourth-order valence-corrected chi connectivity index (χ4v) is 1.64. The van der Waals surface area contributed by atoms with Crippen molar-refractivity contribution in [1.29, 1.82) is 0 Å². The minimum Gasteiger partial charge on any atom is -0.481 e. The van der Waals surface area contributed by atoms with E-state index in [0.29, 0.717) is 5.56 Å². The highest BCUT2D eigenvalue weighted by atomic mass is 19.1. The molecule has 0 bridgehead atoms. The van der Waals surface area contributed by atoms with E-state index in [1.807, 2.05) is 0 Å². The first-order valence-corrected chi connectivity index (χ1v) is 5.59. The maximum atomic E-state index is 13.5. The maximum Gasteiger partial charge on any atom is 0.307 e. The topological polar surface area (TPSA) is 72.6 Å². The van der Waals surface area contributed by atoms with Gasteiger partial charge in [-0.1, -0.05) is 24.3 Å². The molecular weight excluding hydrogens is 249 g/mol. The number of halogens is 1. The van der Waals surface area contributed by atoms with Crippen LogP contribution in [0.1, 0.15) is 5.56 Å². The van der Waals surface area contributed by atoms with Crippen LogP contribution in [0.3, 0.4) is 0 Å². The summed E-state index contributed by atoms with van der Waals surface area (Å²) in [5.41, 5.74) is 6.45. The standard InChI is InChI=1S/C14H12FNO3/c15-10-5-1-2-6-11(10)19-12-7-3-4-9(14(12)16)8-13(17)18/h1-7H,8,16H2,(H,17,18). The Morgan fingerprint density at radius 2 is 1.84 bits per heavy atom. The lowest BCUT2D eigenvalue weighted by atomic mass is 10.1. The summed E-state index contributed by atoms with van der Waals surface area (Å²) in [4.78, 5) is 10.7. The van der Waals surface area contributed by atoms with Crippen molar-refractivity contribution in [3.05, 3.63) is 53.8 Å². The van der Waals surface area contributed by atoms with Gasteiger partial charge in [-0.25, -0.2) is 4.39 Å². The van der Waals surface area contributed by atoms with Gasteiger partial charge in [0, 0.05) is 0 Å². The van der Waals surface area contributed by atoms with Crippen molar-refractivity contribution in [1.82, 2.24) is 0 Å². The van der Waals surface area contributed by atoms with Crippen LogP contribution >= 0.6 is 0 Å². The molecule has 0 radical (unpaired) electrons. The second-order valence-electron chi connectivity index (χ2n) is 3.93. The number of hydrogen-bond acceptors (Lipinski definition) is 3. The predicted octanol–water partition coefficient (Wildman–Crippen LogP) is 2.83. The van der Waals surface area contributed by atoms with E-state index in [-0.39, 0.29) is 23.6 Å². The van der Waals surface area contributed by atoms with E-state index in [9.17, 15) is 9.18 Å². The average Bonchev–Trinajstić information content (AvgIpc) is 2.36. The Balaban J connectivity index is 2.31. The van der Waals surface area contributed by atoms with E-state index in [1.54, 1.807) is 30.3 Å². The number of aliphatic carboxylic acids is 1. The van der Waals surface area contributed by atoms with Gasteiger partial charge in [0.05, 0.1) is 12.1 Å². The number of benzene rings is 2. The van der Waals surface area contributed by atoms with Gasteiger partial charge in [-0.15, -0.1) is 0 Å². The minimum absolute atomic E-state index is 0.0432. The van der Waals surface area contributed by atoms with Crippen molar-refractivity contribution in [2.45, 2.75) is 6.42 Å². The SMILES string of the molecule is Nc1c(CC(=O)O)cccc1Oc1ccccc1F. The van der Waals surface area contributed by atoms with E-state index in [2.05, 4.69) is 0 Å². The highest BCUT2D eigenvalue weighted by molar-refractivity contribution is 5.74. The van der Waals surface area contributed by atoms with E-state index in [1.165, 1.54) is 12.1 Å². The van der Waals surface area contributed by atoms with Crippen molar-refractivity contribution >= 4 is 11.7 Å². The van der Waals surface area contributed by atoms with Crippen LogP contribution in [0.15, 0.2) is 42.5 Å². The molecule has 0 fully saturated rings. The Kier molecular flexibility index (Phi) is 3.66. The van der Waals surface area contributed by atoms with Gasteiger partial charge in [0.25, 0.3) is 0 Å². The zero-order chi connectivity index (χ0) is 13.8. The summed E-state index contributed by atoms with van der Waals surface area (Å²) in [7, 11) is 0. The normalized spacial score (nSPS) is 10.2. The Morgan fingerprint density at radius 1 is 1.16 bits per heavy atom. The first kappa shape index (κ1) is 12.9. The monoisotopic (exact) mass is 261 g/mol. The zero-order valence-corrected chi connectivity index (χ0v) is 9.97. The van der Waals surface area contributed by atoms with E-state index in [4.69, 9.17) is 15.6 Å². The van der Waals surface area contributed by atoms with Crippen LogP contribution in [0.4, 0.5) is 10.1 Å². The molecule has 2 aromatic rings. The summed E-state index contributed by atoms with van der Waals surface area (Å²) in [6.07, 6.45) is -0.208. The smallest absolute Gasteiger partial charge is 0.307 e. The highest BCUT2D eigenvalue weighted by Crippen LogP contribution is 2.31. The van der Waals surface area contributed by atoms with Crippen LogP contribution in [0.25, 0.3) is 0 Å². The molecule has 3 N–H and O–H groups in total. The third-order valence-corrected chi connectivity index (χ3v) is 2.55. The lowest BCUT2D eigenvalue weighted by molar-refractivity contribution is -0.136. The lowest BCUT2D eigenvalue weighted by Gasteiger charge is -2.11. The lowest BCUT2D eigenvalue weighted by Crippen LogP contribution is -2.04. The summed E-state index contributed by atoms with van der Waals surface area (Å²) >= 11 is 0. The molecule has 19 heavy (non-hydrogen) atoms. The molecule has 0 heterocycles. The van der Waals surface area contributed by atoms with Crippen molar-refractivity contribution < 1.29 is 19.0 Å². The largest absolute Gasteiger partial charge is 0.481 e. The molecule has 4 nitrogen and oxygen atoms in total. The first-order valence-electron chi connectivity index (χ1n) is 5.59. The second kappa shape index (κ2) is 5.39. The third-order valence-electron chi connectivity index (χ3n) is 2.55. The van der Waals surface area contributed by atoms with Gasteiger partial charge >= 0.3 is 5.97 Å². The molecule has 0 amide bonds. The van der Waals surface area contributed by atoms with Crippen LogP contribution in [0.5, 0.6) is 11.5 Å². The van der Waals surface area contributed by atoms with Crippen molar-refractivity contribution in [3.8, 4) is 11.5 Å². The van der Waals surface area contributed by atoms with Gasteiger partial charge in [-0.05, 0) is 23.8 Å². The molecule has 2 rings (SSSR count). The van der Waals surface area contributed by atoms with Crippen molar-refractivity contribution in [2.24, 2.45) is 0 Å². The van der Waals surface area contributed by atoms with E-state index >= 15 is 0 Å². The fourth-order valence-electron chi connectivity index (χ4n) is 1.64. The van der Waals surface area contributed by atoms with Crippen molar-refractivity contribution in [2.75, 3.05) is 5.73 Å². The van der Waals surface area contributed by atoms with Gasteiger partial charge in [-0.3, -0.25) is 4.79 Å². The van der Waals surface area contributed by atoms with Gasteiger partial charge in [-0.2, -0.15) is 0 Å². The number of rotatable bonds is 4. The molecule has 0 atom stereocenters. The number of hydrogen-bond donors (Lipinski definition) is 2. The van der Waals surface area contributed by atoms with E-state index < -0.39 is 11.8 Å². The average molecular weight is 261 g/mol. The van der Waals surface area contributed by atoms with Crippen molar-refractivity contribution in [3.63, 3.8) is 0 Å². The number of ether oxygens (including phenoxy) is 1. The number of carboxylic acid groups (broad SMARTS) is 1. The number of nitrogens with two attached hydrogens (primary N) is 1. The maximum absolute atomic E-state index is 13.5. The Labute approximate surface area is 109 Å². The molecule has 0 saturated heterocycles. The molecule has 0 aliphatic carbocycles. The van der Waals surface area contributed by atoms with Crippen LogP contribution < -0.4 is 10.5 Å². The zero-order valence-electron chi connectivity index (χ0n) is 9.97.